The normalized spacial score (nSPS) is 14.6. The molecule has 2 rings (SSSR count). The number of rotatable bonds is 13. The van der Waals surface area contributed by atoms with Crippen LogP contribution in [-0.4, -0.2) is 24.1 Å². The minimum absolute atomic E-state index is 0.429. The van der Waals surface area contributed by atoms with Crippen LogP contribution >= 0.6 is 11.8 Å². The smallest absolute Gasteiger partial charge is 0.126 e. The van der Waals surface area contributed by atoms with E-state index in [1.165, 1.54) is 11.3 Å². The van der Waals surface area contributed by atoms with Crippen molar-refractivity contribution < 1.29 is 0 Å². The Balaban J connectivity index is 0.00000217. The number of aromatic nitrogens is 1. The molecule has 1 aliphatic heterocycles. The molecule has 200 valence electrons. The van der Waals surface area contributed by atoms with Gasteiger partial charge in [0.05, 0.1) is 6.04 Å². The first-order valence-electron chi connectivity index (χ1n) is 13.0. The minimum Gasteiger partial charge on any atom is -0.365 e. The van der Waals surface area contributed by atoms with Gasteiger partial charge in [0.1, 0.15) is 5.82 Å². The highest BCUT2D eigenvalue weighted by Crippen LogP contribution is 2.32. The van der Waals surface area contributed by atoms with Crippen molar-refractivity contribution in [3.8, 4) is 0 Å². The monoisotopic (exact) mass is 518 g/mol. The lowest BCUT2D eigenvalue weighted by molar-refractivity contribution is 0.471. The number of anilines is 1. The summed E-state index contributed by atoms with van der Waals surface area (Å²) in [7, 11) is 0. The van der Waals surface area contributed by atoms with E-state index < -0.39 is 0 Å². The number of allylic oxidation sites excluding steroid dienone is 10. The maximum absolute atomic E-state index is 4.43. The topological polar surface area (TPSA) is 49.0 Å². The van der Waals surface area contributed by atoms with Gasteiger partial charge in [0.2, 0.25) is 0 Å². The molecule has 1 aromatic rings. The first kappa shape index (κ1) is 32.0. The van der Waals surface area contributed by atoms with Gasteiger partial charge in [-0.25, -0.2) is 4.98 Å². The van der Waals surface area contributed by atoms with E-state index in [2.05, 4.69) is 92.3 Å². The highest BCUT2D eigenvalue weighted by Gasteiger charge is 2.16. The van der Waals surface area contributed by atoms with Crippen LogP contribution < -0.4 is 16.0 Å². The second-order valence-electron chi connectivity index (χ2n) is 8.92. The van der Waals surface area contributed by atoms with E-state index in [9.17, 15) is 0 Å². The van der Waals surface area contributed by atoms with Crippen LogP contribution in [0.15, 0.2) is 107 Å². The molecule has 0 unspecified atom stereocenters. The van der Waals surface area contributed by atoms with Crippen LogP contribution in [0.1, 0.15) is 59.9 Å². The molecule has 0 aliphatic carbocycles. The van der Waals surface area contributed by atoms with Crippen LogP contribution in [0.5, 0.6) is 0 Å². The van der Waals surface area contributed by atoms with Crippen LogP contribution in [0.25, 0.3) is 5.70 Å². The summed E-state index contributed by atoms with van der Waals surface area (Å²) in [6.07, 6.45) is 14.4. The van der Waals surface area contributed by atoms with E-state index in [4.69, 9.17) is 0 Å². The molecule has 1 aromatic heterocycles. The van der Waals surface area contributed by atoms with Gasteiger partial charge in [-0.05, 0) is 73.1 Å². The van der Waals surface area contributed by atoms with Crippen molar-refractivity contribution in [3.05, 3.63) is 113 Å². The SMILES string of the molecule is C=CC(=C)C(=C\C(=C/C)C(=C\CC)\SC(=C)C)/C=C(\C)NC(=C)c1ccnc(NC2CNC2)c1.CCC. The summed E-state index contributed by atoms with van der Waals surface area (Å²) in [6.45, 7) is 30.8. The summed E-state index contributed by atoms with van der Waals surface area (Å²) in [5.74, 6) is 0.859. The Labute approximate surface area is 230 Å². The van der Waals surface area contributed by atoms with Crippen molar-refractivity contribution in [2.24, 2.45) is 0 Å². The third kappa shape index (κ3) is 11.7. The van der Waals surface area contributed by atoms with E-state index in [1.54, 1.807) is 24.0 Å². The van der Waals surface area contributed by atoms with Crippen molar-refractivity contribution in [1.29, 1.82) is 0 Å². The van der Waals surface area contributed by atoms with Crippen LogP contribution in [-0.2, 0) is 0 Å². The largest absolute Gasteiger partial charge is 0.365 e. The number of hydrogen-bond acceptors (Lipinski definition) is 5. The zero-order valence-electron chi connectivity index (χ0n) is 23.7. The van der Waals surface area contributed by atoms with Gasteiger partial charge in [-0.1, -0.05) is 83.5 Å². The average Bonchev–Trinajstić information content (AvgIpc) is 2.83. The van der Waals surface area contributed by atoms with Gasteiger partial charge in [0.25, 0.3) is 0 Å². The fourth-order valence-corrected chi connectivity index (χ4v) is 4.20. The zero-order chi connectivity index (χ0) is 27.8. The Morgan fingerprint density at radius 1 is 1.14 bits per heavy atom. The fourth-order valence-electron chi connectivity index (χ4n) is 3.28. The predicted molar refractivity (Wildman–Crippen MR) is 168 cm³/mol. The van der Waals surface area contributed by atoms with Crippen molar-refractivity contribution in [2.45, 2.75) is 60.4 Å². The molecular weight excluding hydrogens is 472 g/mol. The van der Waals surface area contributed by atoms with Gasteiger partial charge >= 0.3 is 0 Å². The predicted octanol–water partition coefficient (Wildman–Crippen LogP) is 8.52. The summed E-state index contributed by atoms with van der Waals surface area (Å²) in [5.41, 5.74) is 5.73. The molecule has 0 spiro atoms. The maximum atomic E-state index is 4.43. The highest BCUT2D eigenvalue weighted by atomic mass is 32.2. The van der Waals surface area contributed by atoms with Gasteiger partial charge in [-0.2, -0.15) is 0 Å². The molecule has 1 aliphatic rings. The van der Waals surface area contributed by atoms with Gasteiger partial charge in [-0.15, -0.1) is 0 Å². The molecule has 2 heterocycles. The standard InChI is InChI=1S/C29H38N4S.C3H8/c1-9-12-28(34-20(4)5)24(11-3)16-26(21(6)10-2)15-22(7)32-23(8)25-13-14-31-29(17-25)33-27-18-30-19-27;1-3-2/h10-17,27,30,32H,2,4,6,8-9,18-19H2,1,3,5,7H3,(H,31,33);3H2,1-2H3/b22-15+,24-11+,26-16-,28-12-;. The Morgan fingerprint density at radius 3 is 2.32 bits per heavy atom. The molecule has 1 fully saturated rings. The van der Waals surface area contributed by atoms with Crippen molar-refractivity contribution >= 4 is 23.3 Å². The Morgan fingerprint density at radius 2 is 1.81 bits per heavy atom. The van der Waals surface area contributed by atoms with Crippen LogP contribution in [0.3, 0.4) is 0 Å². The first-order chi connectivity index (χ1) is 17.7. The minimum atomic E-state index is 0.429. The van der Waals surface area contributed by atoms with Crippen LogP contribution in [0, 0.1) is 0 Å². The van der Waals surface area contributed by atoms with Crippen molar-refractivity contribution in [3.63, 3.8) is 0 Å². The molecule has 0 aromatic carbocycles. The summed E-state index contributed by atoms with van der Waals surface area (Å²) >= 11 is 1.69. The molecule has 1 saturated heterocycles. The number of pyridine rings is 1. The van der Waals surface area contributed by atoms with E-state index >= 15 is 0 Å². The van der Waals surface area contributed by atoms with Gasteiger partial charge in [-0.3, -0.25) is 0 Å². The second-order valence-corrected chi connectivity index (χ2v) is 10.3. The van der Waals surface area contributed by atoms with Crippen LogP contribution in [0.4, 0.5) is 5.82 Å². The molecule has 4 nitrogen and oxygen atoms in total. The quantitative estimate of drug-likeness (QED) is 0.228. The molecular formula is C32H46N4S. The molecule has 0 atom stereocenters. The van der Waals surface area contributed by atoms with Gasteiger partial charge in [0.15, 0.2) is 0 Å². The lowest BCUT2D eigenvalue weighted by atomic mass is 10.0. The van der Waals surface area contributed by atoms with Crippen molar-refractivity contribution in [2.75, 3.05) is 18.4 Å². The maximum Gasteiger partial charge on any atom is 0.126 e. The summed E-state index contributed by atoms with van der Waals surface area (Å²) in [4.78, 5) is 6.67. The van der Waals surface area contributed by atoms with Crippen LogP contribution in [0.2, 0.25) is 0 Å². The molecule has 0 radical (unpaired) electrons. The Bertz CT molecular complexity index is 1070. The summed E-state index contributed by atoms with van der Waals surface area (Å²) in [6, 6.07) is 4.41. The van der Waals surface area contributed by atoms with E-state index in [-0.39, 0.29) is 0 Å². The number of thioether (sulfide) groups is 1. The zero-order valence-corrected chi connectivity index (χ0v) is 24.5. The second kappa shape index (κ2) is 17.4. The van der Waals surface area contributed by atoms with E-state index in [1.807, 2.05) is 32.9 Å². The summed E-state index contributed by atoms with van der Waals surface area (Å²) in [5, 5.41) is 10.1. The van der Waals surface area contributed by atoms with Crippen molar-refractivity contribution in [1.82, 2.24) is 15.6 Å². The third-order valence-electron chi connectivity index (χ3n) is 5.16. The first-order valence-corrected chi connectivity index (χ1v) is 13.8. The Kier molecular flexibility index (Phi) is 15.1. The number of nitrogens with one attached hydrogen (secondary N) is 3. The van der Waals surface area contributed by atoms with E-state index in [0.717, 1.165) is 63.9 Å². The molecule has 0 bridgehead atoms. The average molecular weight is 519 g/mol. The Hall–Kier alpha value is -3.02. The molecule has 0 saturated carbocycles. The van der Waals surface area contributed by atoms with E-state index in [0.29, 0.717) is 6.04 Å². The van der Waals surface area contributed by atoms with Gasteiger partial charge in [0, 0.05) is 41.1 Å². The molecule has 37 heavy (non-hydrogen) atoms. The molecule has 0 amide bonds. The highest BCUT2D eigenvalue weighted by molar-refractivity contribution is 8.06. The number of nitrogens with zero attached hydrogens (tertiary/aromatic N) is 1. The summed E-state index contributed by atoms with van der Waals surface area (Å²) < 4.78 is 0. The third-order valence-corrected chi connectivity index (χ3v) is 6.13. The lowest BCUT2D eigenvalue weighted by Gasteiger charge is -2.28. The number of hydrogen-bond donors (Lipinski definition) is 3. The fraction of sp³-hybridized carbons (Fsp3) is 0.344. The molecule has 3 N–H and O–H groups in total. The lowest BCUT2D eigenvalue weighted by Crippen LogP contribution is -2.51. The van der Waals surface area contributed by atoms with Gasteiger partial charge < -0.3 is 16.0 Å². The molecule has 5 heteroatoms.